The summed E-state index contributed by atoms with van der Waals surface area (Å²) in [5.41, 5.74) is 0.890. The van der Waals surface area contributed by atoms with Gasteiger partial charge in [0.05, 0.1) is 10.0 Å². The van der Waals surface area contributed by atoms with E-state index >= 15 is 0 Å². The molecule has 0 saturated carbocycles. The van der Waals surface area contributed by atoms with Crippen molar-refractivity contribution in [3.63, 3.8) is 0 Å². The van der Waals surface area contributed by atoms with E-state index < -0.39 is 0 Å². The number of phenols is 1. The van der Waals surface area contributed by atoms with Crippen molar-refractivity contribution in [2.24, 2.45) is 0 Å². The van der Waals surface area contributed by atoms with Gasteiger partial charge in [-0.15, -0.1) is 0 Å². The molecule has 0 fully saturated rings. The summed E-state index contributed by atoms with van der Waals surface area (Å²) in [6.45, 7) is 4.00. The van der Waals surface area contributed by atoms with Crippen molar-refractivity contribution in [1.29, 1.82) is 0 Å². The average Bonchev–Trinajstić information content (AvgIpc) is 2.16. The van der Waals surface area contributed by atoms with Crippen molar-refractivity contribution < 1.29 is 5.11 Å². The highest BCUT2D eigenvalue weighted by Crippen LogP contribution is 2.32. The maximum Gasteiger partial charge on any atom is 0.152 e. The van der Waals surface area contributed by atoms with Crippen LogP contribution in [0.25, 0.3) is 0 Å². The minimum Gasteiger partial charge on any atom is -0.505 e. The van der Waals surface area contributed by atoms with Gasteiger partial charge in [-0.05, 0) is 17.7 Å². The average molecular weight is 239 g/mol. The van der Waals surface area contributed by atoms with Crippen LogP contribution >= 0.6 is 35.8 Å². The second-order valence-corrected chi connectivity index (χ2v) is 3.20. The molecule has 74 valence electrons. The van der Waals surface area contributed by atoms with Gasteiger partial charge in [-0.25, -0.2) is 0 Å². The van der Waals surface area contributed by atoms with Crippen LogP contribution in [0, 0.1) is 0 Å². The number of thiol groups is 1. The first-order valence-electron chi connectivity index (χ1n) is 3.93. The Balaban J connectivity index is 0.000000671. The van der Waals surface area contributed by atoms with Gasteiger partial charge in [-0.2, -0.15) is 12.6 Å². The van der Waals surface area contributed by atoms with E-state index in [4.69, 9.17) is 28.3 Å². The number of phenolic OH excluding ortho intramolecular Hbond substituents is 1. The number of halogens is 2. The Morgan fingerprint density at radius 3 is 1.92 bits per heavy atom. The lowest BCUT2D eigenvalue weighted by atomic mass is 10.2. The van der Waals surface area contributed by atoms with Gasteiger partial charge in [0.25, 0.3) is 0 Å². The van der Waals surface area contributed by atoms with E-state index in [0.717, 1.165) is 5.56 Å². The number of rotatable bonds is 1. The predicted molar refractivity (Wildman–Crippen MR) is 62.2 cm³/mol. The number of hydrogen-bond acceptors (Lipinski definition) is 2. The number of benzene rings is 1. The highest BCUT2D eigenvalue weighted by atomic mass is 35.5. The van der Waals surface area contributed by atoms with Crippen LogP contribution in [0.1, 0.15) is 19.4 Å². The van der Waals surface area contributed by atoms with Crippen molar-refractivity contribution in [3.8, 4) is 5.75 Å². The minimum absolute atomic E-state index is 0.0705. The SMILES string of the molecule is CC.Oc1c(Cl)cc(CS)cc1Cl. The first-order chi connectivity index (χ1) is 6.15. The molecule has 1 aromatic rings. The Bertz CT molecular complexity index is 253. The van der Waals surface area contributed by atoms with E-state index in [-0.39, 0.29) is 15.8 Å². The molecule has 0 aromatic heterocycles. The molecule has 0 spiro atoms. The maximum atomic E-state index is 9.14. The highest BCUT2D eigenvalue weighted by Gasteiger charge is 2.04. The Kier molecular flexibility index (Phi) is 6.39. The Morgan fingerprint density at radius 2 is 1.62 bits per heavy atom. The minimum atomic E-state index is -0.0705. The topological polar surface area (TPSA) is 20.2 Å². The van der Waals surface area contributed by atoms with Gasteiger partial charge in [0.2, 0.25) is 0 Å². The maximum absolute atomic E-state index is 9.14. The lowest BCUT2D eigenvalue weighted by Crippen LogP contribution is -1.79. The summed E-state index contributed by atoms with van der Waals surface area (Å²) in [7, 11) is 0. The van der Waals surface area contributed by atoms with E-state index in [2.05, 4.69) is 12.6 Å². The molecule has 1 rings (SSSR count). The van der Waals surface area contributed by atoms with E-state index in [0.29, 0.717) is 5.75 Å². The third kappa shape index (κ3) is 3.67. The summed E-state index contributed by atoms with van der Waals surface area (Å²) < 4.78 is 0. The Morgan fingerprint density at radius 1 is 1.23 bits per heavy atom. The van der Waals surface area contributed by atoms with Gasteiger partial charge in [-0.3, -0.25) is 0 Å². The zero-order valence-electron chi connectivity index (χ0n) is 7.51. The third-order valence-corrected chi connectivity index (χ3v) is 2.20. The fraction of sp³-hybridized carbons (Fsp3) is 0.333. The van der Waals surface area contributed by atoms with Crippen molar-refractivity contribution in [2.45, 2.75) is 19.6 Å². The van der Waals surface area contributed by atoms with E-state index in [1.165, 1.54) is 0 Å². The summed E-state index contributed by atoms with van der Waals surface area (Å²) in [5.74, 6) is 0.485. The number of hydrogen-bond donors (Lipinski definition) is 2. The molecular weight excluding hydrogens is 227 g/mol. The molecule has 0 bridgehead atoms. The Hall–Kier alpha value is -0.0500. The van der Waals surface area contributed by atoms with Crippen LogP contribution in [0.2, 0.25) is 10.0 Å². The summed E-state index contributed by atoms with van der Waals surface area (Å²) >= 11 is 15.3. The van der Waals surface area contributed by atoms with Gasteiger partial charge < -0.3 is 5.11 Å². The quantitative estimate of drug-likeness (QED) is 0.705. The first kappa shape index (κ1) is 12.9. The predicted octanol–water partition coefficient (Wildman–Crippen LogP) is 4.16. The van der Waals surface area contributed by atoms with Gasteiger partial charge in [0.15, 0.2) is 5.75 Å². The second kappa shape index (κ2) is 6.41. The van der Waals surface area contributed by atoms with Crippen LogP contribution in [-0.4, -0.2) is 5.11 Å². The van der Waals surface area contributed by atoms with Crippen molar-refractivity contribution in [3.05, 3.63) is 27.7 Å². The molecule has 0 heterocycles. The molecule has 1 nitrogen and oxygen atoms in total. The van der Waals surface area contributed by atoms with Crippen molar-refractivity contribution >= 4 is 35.8 Å². The molecular formula is C9H12Cl2OS. The molecule has 1 aromatic carbocycles. The molecule has 4 heteroatoms. The van der Waals surface area contributed by atoms with E-state index in [1.807, 2.05) is 13.8 Å². The summed E-state index contributed by atoms with van der Waals surface area (Å²) in [5, 5.41) is 9.67. The molecule has 0 radical (unpaired) electrons. The molecule has 0 aliphatic carbocycles. The molecule has 0 aliphatic heterocycles. The van der Waals surface area contributed by atoms with Crippen LogP contribution in [0.5, 0.6) is 5.75 Å². The molecule has 0 amide bonds. The molecule has 0 aliphatic rings. The van der Waals surface area contributed by atoms with Crippen LogP contribution in [-0.2, 0) is 5.75 Å². The fourth-order valence-corrected chi connectivity index (χ4v) is 1.42. The normalized spacial score (nSPS) is 9.00. The zero-order valence-corrected chi connectivity index (χ0v) is 9.92. The van der Waals surface area contributed by atoms with Crippen LogP contribution in [0.3, 0.4) is 0 Å². The van der Waals surface area contributed by atoms with Crippen LogP contribution in [0.4, 0.5) is 0 Å². The second-order valence-electron chi connectivity index (χ2n) is 2.07. The largest absolute Gasteiger partial charge is 0.505 e. The van der Waals surface area contributed by atoms with Crippen LogP contribution in [0.15, 0.2) is 12.1 Å². The fourth-order valence-electron chi connectivity index (χ4n) is 0.709. The molecule has 0 saturated heterocycles. The summed E-state index contributed by atoms with van der Waals surface area (Å²) in [6.07, 6.45) is 0. The Labute approximate surface area is 94.1 Å². The molecule has 0 unspecified atom stereocenters. The molecule has 0 atom stereocenters. The molecule has 1 N–H and O–H groups in total. The summed E-state index contributed by atoms with van der Waals surface area (Å²) in [4.78, 5) is 0. The standard InChI is InChI=1S/C7H6Cl2OS.C2H6/c8-5-1-4(3-11)2-6(9)7(5)10;1-2/h1-2,10-11H,3H2;1-2H3. The van der Waals surface area contributed by atoms with E-state index in [1.54, 1.807) is 12.1 Å². The van der Waals surface area contributed by atoms with Gasteiger partial charge >= 0.3 is 0 Å². The van der Waals surface area contributed by atoms with Crippen molar-refractivity contribution in [2.75, 3.05) is 0 Å². The highest BCUT2D eigenvalue weighted by molar-refractivity contribution is 7.79. The lowest BCUT2D eigenvalue weighted by molar-refractivity contribution is 0.475. The van der Waals surface area contributed by atoms with E-state index in [9.17, 15) is 0 Å². The van der Waals surface area contributed by atoms with Crippen LogP contribution < -0.4 is 0 Å². The van der Waals surface area contributed by atoms with Crippen molar-refractivity contribution in [1.82, 2.24) is 0 Å². The zero-order chi connectivity index (χ0) is 10.4. The van der Waals surface area contributed by atoms with Gasteiger partial charge in [0, 0.05) is 5.75 Å². The van der Waals surface area contributed by atoms with Gasteiger partial charge in [0.1, 0.15) is 0 Å². The molecule has 13 heavy (non-hydrogen) atoms. The van der Waals surface area contributed by atoms with Gasteiger partial charge in [-0.1, -0.05) is 37.0 Å². The first-order valence-corrected chi connectivity index (χ1v) is 5.31. The smallest absolute Gasteiger partial charge is 0.152 e. The third-order valence-electron chi connectivity index (χ3n) is 1.26. The summed E-state index contributed by atoms with van der Waals surface area (Å²) in [6, 6.07) is 3.27. The number of aromatic hydroxyl groups is 1. The lowest BCUT2D eigenvalue weighted by Gasteiger charge is -2.01. The monoisotopic (exact) mass is 238 g/mol.